The third kappa shape index (κ3) is 9.85. The second-order valence-electron chi connectivity index (χ2n) is 6.18. The van der Waals surface area contributed by atoms with Gasteiger partial charge >= 0.3 is 0 Å². The molecule has 0 saturated carbocycles. The number of hydrogen-bond donors (Lipinski definition) is 3. The number of carbonyl (C=O) groups excluding carboxylic acids is 1. The number of primary amides is 1. The van der Waals surface area contributed by atoms with Crippen LogP contribution in [0.1, 0.15) is 18.1 Å². The summed E-state index contributed by atoms with van der Waals surface area (Å²) in [6.07, 6.45) is 1.63. The number of nitrogens with two attached hydrogens (primary N) is 1. The summed E-state index contributed by atoms with van der Waals surface area (Å²) in [6.45, 7) is 4.13. The van der Waals surface area contributed by atoms with E-state index >= 15 is 0 Å². The van der Waals surface area contributed by atoms with Gasteiger partial charge in [0.1, 0.15) is 5.75 Å². The van der Waals surface area contributed by atoms with E-state index in [1.165, 1.54) is 0 Å². The van der Waals surface area contributed by atoms with Gasteiger partial charge in [-0.3, -0.25) is 9.79 Å². The third-order valence-electron chi connectivity index (χ3n) is 3.96. The lowest BCUT2D eigenvalue weighted by Crippen LogP contribution is -2.38. The number of aliphatic imine (C=N–C) groups is 1. The van der Waals surface area contributed by atoms with E-state index in [1.54, 1.807) is 0 Å². The first-order valence-electron chi connectivity index (χ1n) is 9.34. The summed E-state index contributed by atoms with van der Waals surface area (Å²) in [5.74, 6) is 0.930. The topological polar surface area (TPSA) is 88.7 Å². The summed E-state index contributed by atoms with van der Waals surface area (Å²) < 4.78 is 5.26. The van der Waals surface area contributed by atoms with Crippen molar-refractivity contribution < 1.29 is 9.53 Å². The number of ether oxygens (including phenoxy) is 1. The van der Waals surface area contributed by atoms with Crippen LogP contribution in [0.25, 0.3) is 0 Å². The zero-order chi connectivity index (χ0) is 20.2. The van der Waals surface area contributed by atoms with Gasteiger partial charge in [-0.1, -0.05) is 41.9 Å². The molecule has 0 aliphatic rings. The number of carbonyl (C=O) groups is 1. The maximum atomic E-state index is 10.7. The Morgan fingerprint density at radius 1 is 1.10 bits per heavy atom. The normalized spacial score (nSPS) is 10.8. The smallest absolute Gasteiger partial charge is 0.255 e. The molecule has 4 N–H and O–H groups in total. The first-order chi connectivity index (χ1) is 13.6. The van der Waals surface area contributed by atoms with Crippen molar-refractivity contribution in [3.05, 3.63) is 64.7 Å². The largest absolute Gasteiger partial charge is 0.484 e. The molecule has 29 heavy (non-hydrogen) atoms. The molecule has 2 rings (SSSR count). The first kappa shape index (κ1) is 25.0. The molecule has 0 unspecified atom stereocenters. The molecule has 158 valence electrons. The molecule has 0 spiro atoms. The fraction of sp³-hybridized carbons (Fsp3) is 0.333. The number of nitrogens with zero attached hydrogens (tertiary/aromatic N) is 1. The summed E-state index contributed by atoms with van der Waals surface area (Å²) in [7, 11) is 0. The zero-order valence-electron chi connectivity index (χ0n) is 16.5. The van der Waals surface area contributed by atoms with Crippen LogP contribution < -0.4 is 21.1 Å². The van der Waals surface area contributed by atoms with E-state index in [0.717, 1.165) is 48.0 Å². The minimum Gasteiger partial charge on any atom is -0.484 e. The molecule has 0 aliphatic heterocycles. The molecule has 0 saturated heterocycles. The number of benzene rings is 2. The van der Waals surface area contributed by atoms with Crippen molar-refractivity contribution >= 4 is 47.4 Å². The Bertz CT molecular complexity index is 785. The van der Waals surface area contributed by atoms with Crippen LogP contribution in [0.15, 0.2) is 53.5 Å². The maximum absolute atomic E-state index is 10.7. The van der Waals surface area contributed by atoms with Crippen LogP contribution >= 0.6 is 35.6 Å². The van der Waals surface area contributed by atoms with E-state index in [9.17, 15) is 4.79 Å². The fourth-order valence-corrected chi connectivity index (χ4v) is 2.79. The molecule has 0 atom stereocenters. The number of amides is 1. The maximum Gasteiger partial charge on any atom is 0.255 e. The minimum absolute atomic E-state index is 0. The molecule has 0 fully saturated rings. The molecule has 1 amide bonds. The van der Waals surface area contributed by atoms with E-state index in [4.69, 9.17) is 22.1 Å². The second-order valence-corrected chi connectivity index (χ2v) is 6.58. The lowest BCUT2D eigenvalue weighted by Gasteiger charge is -2.12. The molecule has 8 heteroatoms. The highest BCUT2D eigenvalue weighted by molar-refractivity contribution is 14.0. The number of guanidine groups is 1. The van der Waals surface area contributed by atoms with Gasteiger partial charge in [0.25, 0.3) is 5.91 Å². The highest BCUT2D eigenvalue weighted by Crippen LogP contribution is 2.15. The van der Waals surface area contributed by atoms with Crippen LogP contribution in [-0.4, -0.2) is 38.1 Å². The molecular formula is C21H28ClIN4O2. The van der Waals surface area contributed by atoms with Crippen molar-refractivity contribution in [1.82, 2.24) is 10.6 Å². The number of hydrogen-bond acceptors (Lipinski definition) is 3. The van der Waals surface area contributed by atoms with Gasteiger partial charge < -0.3 is 21.1 Å². The number of rotatable bonds is 10. The first-order valence-corrected chi connectivity index (χ1v) is 9.72. The predicted octanol–water partition coefficient (Wildman–Crippen LogP) is 3.16. The Balaban J connectivity index is 0.00000420. The molecule has 0 aromatic heterocycles. The van der Waals surface area contributed by atoms with Crippen molar-refractivity contribution in [2.24, 2.45) is 10.7 Å². The predicted molar refractivity (Wildman–Crippen MR) is 129 cm³/mol. The standard InChI is InChI=1S/C21H27ClN4O2.HI/c1-2-24-21(26-14-12-17-5-3-4-6-19(17)22)25-13-11-16-7-9-18(10-8-16)28-15-20(23)27;/h3-10H,2,11-15H2,1H3,(H2,23,27)(H2,24,25,26);1H. The quantitative estimate of drug-likeness (QED) is 0.250. The van der Waals surface area contributed by atoms with E-state index in [-0.39, 0.29) is 30.6 Å². The van der Waals surface area contributed by atoms with E-state index in [1.807, 2.05) is 55.5 Å². The Morgan fingerprint density at radius 3 is 2.48 bits per heavy atom. The van der Waals surface area contributed by atoms with Gasteiger partial charge in [-0.05, 0) is 49.1 Å². The molecular weight excluding hydrogens is 503 g/mol. The lowest BCUT2D eigenvalue weighted by atomic mass is 10.1. The van der Waals surface area contributed by atoms with Gasteiger partial charge in [0, 0.05) is 24.7 Å². The van der Waals surface area contributed by atoms with Crippen molar-refractivity contribution in [3.8, 4) is 5.75 Å². The summed E-state index contributed by atoms with van der Waals surface area (Å²) in [6, 6.07) is 15.4. The monoisotopic (exact) mass is 530 g/mol. The number of nitrogens with one attached hydrogen (secondary N) is 2. The average molecular weight is 531 g/mol. The van der Waals surface area contributed by atoms with Crippen molar-refractivity contribution in [2.75, 3.05) is 26.2 Å². The van der Waals surface area contributed by atoms with Crippen molar-refractivity contribution in [2.45, 2.75) is 19.8 Å². The Labute approximate surface area is 194 Å². The van der Waals surface area contributed by atoms with Gasteiger partial charge in [0.05, 0.1) is 0 Å². The number of halogens is 2. The van der Waals surface area contributed by atoms with Crippen LogP contribution in [-0.2, 0) is 17.6 Å². The SMILES string of the molecule is CCNC(=NCCc1ccccc1Cl)NCCc1ccc(OCC(N)=O)cc1.I. The summed E-state index contributed by atoms with van der Waals surface area (Å²) in [4.78, 5) is 15.3. The third-order valence-corrected chi connectivity index (χ3v) is 4.33. The molecule has 0 aliphatic carbocycles. The highest BCUT2D eigenvalue weighted by atomic mass is 127. The molecule has 0 radical (unpaired) electrons. The van der Waals surface area contributed by atoms with Gasteiger partial charge in [-0.25, -0.2) is 0 Å². The Morgan fingerprint density at radius 2 is 1.83 bits per heavy atom. The molecule has 0 bridgehead atoms. The van der Waals surface area contributed by atoms with Crippen LogP contribution in [0.2, 0.25) is 5.02 Å². The van der Waals surface area contributed by atoms with Crippen LogP contribution in [0.4, 0.5) is 0 Å². The Hall–Kier alpha value is -2.00. The highest BCUT2D eigenvalue weighted by Gasteiger charge is 2.02. The van der Waals surface area contributed by atoms with Crippen LogP contribution in [0.3, 0.4) is 0 Å². The molecule has 2 aromatic carbocycles. The van der Waals surface area contributed by atoms with E-state index in [0.29, 0.717) is 12.3 Å². The van der Waals surface area contributed by atoms with E-state index in [2.05, 4.69) is 15.6 Å². The van der Waals surface area contributed by atoms with Gasteiger partial charge in [0.15, 0.2) is 12.6 Å². The Kier molecular flexibility index (Phi) is 12.1. The van der Waals surface area contributed by atoms with Gasteiger partial charge in [-0.15, -0.1) is 24.0 Å². The summed E-state index contributed by atoms with van der Waals surface area (Å²) >= 11 is 6.19. The fourth-order valence-electron chi connectivity index (χ4n) is 2.56. The zero-order valence-corrected chi connectivity index (χ0v) is 19.6. The van der Waals surface area contributed by atoms with Gasteiger partial charge in [-0.2, -0.15) is 0 Å². The van der Waals surface area contributed by atoms with Crippen LogP contribution in [0.5, 0.6) is 5.75 Å². The average Bonchev–Trinajstić information content (AvgIpc) is 2.69. The minimum atomic E-state index is -0.488. The second kappa shape index (κ2) is 14.1. The molecule has 2 aromatic rings. The van der Waals surface area contributed by atoms with Crippen molar-refractivity contribution in [1.29, 1.82) is 0 Å². The van der Waals surface area contributed by atoms with Crippen LogP contribution in [0, 0.1) is 0 Å². The lowest BCUT2D eigenvalue weighted by molar-refractivity contribution is -0.119. The van der Waals surface area contributed by atoms with E-state index < -0.39 is 5.91 Å². The molecule has 6 nitrogen and oxygen atoms in total. The summed E-state index contributed by atoms with van der Waals surface area (Å²) in [5.41, 5.74) is 7.33. The van der Waals surface area contributed by atoms with Gasteiger partial charge in [0.2, 0.25) is 0 Å². The summed E-state index contributed by atoms with van der Waals surface area (Å²) in [5, 5.41) is 7.36. The van der Waals surface area contributed by atoms with Crippen molar-refractivity contribution in [3.63, 3.8) is 0 Å². The molecule has 0 heterocycles.